The maximum Gasteiger partial charge on any atom is 0.348 e. The van der Waals surface area contributed by atoms with Gasteiger partial charge in [-0.25, -0.2) is 4.79 Å². The van der Waals surface area contributed by atoms with Crippen molar-refractivity contribution in [3.63, 3.8) is 0 Å². The molecular weight excluding hydrogens is 234 g/mol. The molecule has 3 rings (SSSR count). The highest BCUT2D eigenvalue weighted by Gasteiger charge is 2.35. The summed E-state index contributed by atoms with van der Waals surface area (Å²) in [6.07, 6.45) is 0. The molecule has 1 aliphatic heterocycles. The molecule has 0 spiro atoms. The first-order valence-electron chi connectivity index (χ1n) is 5.16. The molecule has 0 amide bonds. The Kier molecular flexibility index (Phi) is 2.39. The maximum absolute atomic E-state index is 11.9. The number of para-hydroxylation sites is 1. The SMILES string of the molecule is N[S+]1c2ccccc2OC(=O)c2ccccc21. The summed E-state index contributed by atoms with van der Waals surface area (Å²) in [5.74, 6) is 0.216. The molecule has 2 N–H and O–H groups in total. The topological polar surface area (TPSA) is 52.3 Å². The van der Waals surface area contributed by atoms with E-state index in [1.165, 1.54) is 0 Å². The molecule has 1 atom stereocenters. The van der Waals surface area contributed by atoms with Gasteiger partial charge >= 0.3 is 5.97 Å². The zero-order chi connectivity index (χ0) is 11.8. The molecule has 0 saturated carbocycles. The third-order valence-corrected chi connectivity index (χ3v) is 4.27. The van der Waals surface area contributed by atoms with Crippen LogP contribution in [0.15, 0.2) is 58.3 Å². The van der Waals surface area contributed by atoms with Gasteiger partial charge in [0.05, 0.1) is 0 Å². The van der Waals surface area contributed by atoms with Crippen LogP contribution in [-0.2, 0) is 11.1 Å². The number of rotatable bonds is 0. The number of ether oxygens (including phenoxy) is 1. The molecule has 0 saturated heterocycles. The number of carbonyl (C=O) groups excluding carboxylic acids is 1. The van der Waals surface area contributed by atoms with E-state index in [4.69, 9.17) is 9.88 Å². The summed E-state index contributed by atoms with van der Waals surface area (Å²) in [6.45, 7) is 0. The maximum atomic E-state index is 11.9. The molecule has 0 radical (unpaired) electrons. The van der Waals surface area contributed by atoms with E-state index in [2.05, 4.69) is 0 Å². The highest BCUT2D eigenvalue weighted by atomic mass is 32.2. The first-order valence-corrected chi connectivity index (χ1v) is 6.45. The quantitative estimate of drug-likeness (QED) is 0.439. The van der Waals surface area contributed by atoms with Gasteiger partial charge < -0.3 is 4.74 Å². The summed E-state index contributed by atoms with van der Waals surface area (Å²) in [5, 5.41) is 6.22. The van der Waals surface area contributed by atoms with Gasteiger partial charge in [-0.1, -0.05) is 24.3 Å². The zero-order valence-electron chi connectivity index (χ0n) is 8.92. The Morgan fingerprint density at radius 1 is 0.941 bits per heavy atom. The van der Waals surface area contributed by atoms with Gasteiger partial charge in [-0.2, -0.15) is 0 Å². The molecule has 1 heterocycles. The van der Waals surface area contributed by atoms with Crippen molar-refractivity contribution < 1.29 is 9.53 Å². The highest BCUT2D eigenvalue weighted by Crippen LogP contribution is 2.33. The molecule has 84 valence electrons. The summed E-state index contributed by atoms with van der Waals surface area (Å²) in [7, 11) is 0. The number of esters is 1. The first-order chi connectivity index (χ1) is 8.27. The monoisotopic (exact) mass is 244 g/mol. The Balaban J connectivity index is 2.26. The Hall–Kier alpha value is -1.78. The van der Waals surface area contributed by atoms with Gasteiger partial charge in [-0.3, -0.25) is 0 Å². The summed E-state index contributed by atoms with van der Waals surface area (Å²) in [4.78, 5) is 13.6. The van der Waals surface area contributed by atoms with Crippen molar-refractivity contribution in [2.24, 2.45) is 5.14 Å². The van der Waals surface area contributed by atoms with E-state index in [1.54, 1.807) is 12.1 Å². The Labute approximate surface area is 102 Å². The van der Waals surface area contributed by atoms with Crippen LogP contribution < -0.4 is 9.88 Å². The first kappa shape index (κ1) is 10.4. The number of benzene rings is 2. The lowest BCUT2D eigenvalue weighted by Crippen LogP contribution is -2.15. The molecule has 0 aliphatic carbocycles. The lowest BCUT2D eigenvalue weighted by molar-refractivity contribution is 0.0728. The summed E-state index contributed by atoms with van der Waals surface area (Å²) in [5.41, 5.74) is 0.550. The van der Waals surface area contributed by atoms with Crippen LogP contribution in [0.3, 0.4) is 0 Å². The Morgan fingerprint density at radius 3 is 2.41 bits per heavy atom. The summed E-state index contributed by atoms with van der Waals surface area (Å²) in [6, 6.07) is 14.7. The molecule has 3 nitrogen and oxygen atoms in total. The minimum atomic E-state index is -0.624. The van der Waals surface area contributed by atoms with Crippen LogP contribution in [0.5, 0.6) is 5.75 Å². The molecular formula is C13H10NO2S+. The highest BCUT2D eigenvalue weighted by molar-refractivity contribution is 7.95. The minimum Gasteiger partial charge on any atom is -0.417 e. The zero-order valence-corrected chi connectivity index (χ0v) is 9.74. The molecule has 1 aliphatic rings. The largest absolute Gasteiger partial charge is 0.417 e. The number of carbonyl (C=O) groups is 1. The van der Waals surface area contributed by atoms with Crippen LogP contribution in [0.1, 0.15) is 10.4 Å². The number of hydrogen-bond acceptors (Lipinski definition) is 3. The van der Waals surface area contributed by atoms with E-state index in [-0.39, 0.29) is 5.97 Å². The van der Waals surface area contributed by atoms with E-state index in [9.17, 15) is 4.79 Å². The van der Waals surface area contributed by atoms with Crippen molar-refractivity contribution in [3.05, 3.63) is 54.1 Å². The molecule has 0 bridgehead atoms. The molecule has 2 aromatic rings. The Bertz CT molecular complexity index is 597. The van der Waals surface area contributed by atoms with Gasteiger partial charge in [-0.05, 0) is 24.3 Å². The average Bonchev–Trinajstić information content (AvgIpc) is 2.48. The summed E-state index contributed by atoms with van der Waals surface area (Å²) >= 11 is -0.624. The van der Waals surface area contributed by atoms with Gasteiger partial charge in [0.1, 0.15) is 5.56 Å². The smallest absolute Gasteiger partial charge is 0.348 e. The normalized spacial score (nSPS) is 17.7. The lowest BCUT2D eigenvalue weighted by Gasteiger charge is -2.01. The van der Waals surface area contributed by atoms with Crippen molar-refractivity contribution in [2.75, 3.05) is 0 Å². The predicted molar refractivity (Wildman–Crippen MR) is 65.9 cm³/mol. The van der Waals surface area contributed by atoms with Crippen LogP contribution in [0.4, 0.5) is 0 Å². The van der Waals surface area contributed by atoms with Crippen molar-refractivity contribution >= 4 is 17.1 Å². The average molecular weight is 244 g/mol. The Morgan fingerprint density at radius 2 is 1.59 bits per heavy atom. The van der Waals surface area contributed by atoms with Crippen molar-refractivity contribution in [3.8, 4) is 5.75 Å². The fraction of sp³-hybridized carbons (Fsp3) is 0. The third kappa shape index (κ3) is 1.62. The number of hydrogen-bond donors (Lipinski definition) is 1. The molecule has 17 heavy (non-hydrogen) atoms. The second kappa shape index (κ2) is 3.91. The number of nitrogens with two attached hydrogens (primary N) is 1. The number of fused-ring (bicyclic) bond motifs is 2. The van der Waals surface area contributed by atoms with Gasteiger partial charge in [0, 0.05) is 0 Å². The van der Waals surface area contributed by atoms with Crippen LogP contribution in [-0.4, -0.2) is 5.97 Å². The van der Waals surface area contributed by atoms with Crippen LogP contribution >= 0.6 is 0 Å². The predicted octanol–water partition coefficient (Wildman–Crippen LogP) is 2.13. The van der Waals surface area contributed by atoms with E-state index >= 15 is 0 Å². The molecule has 1 unspecified atom stereocenters. The van der Waals surface area contributed by atoms with Gasteiger partial charge in [0.15, 0.2) is 21.7 Å². The second-order valence-electron chi connectivity index (χ2n) is 3.67. The van der Waals surface area contributed by atoms with Gasteiger partial charge in [-0.15, -0.1) is 5.14 Å². The van der Waals surface area contributed by atoms with E-state index in [1.807, 2.05) is 36.4 Å². The minimum absolute atomic E-state index is 0.339. The van der Waals surface area contributed by atoms with Crippen LogP contribution in [0, 0.1) is 0 Å². The van der Waals surface area contributed by atoms with E-state index in [0.29, 0.717) is 11.3 Å². The van der Waals surface area contributed by atoms with Crippen molar-refractivity contribution in [2.45, 2.75) is 9.79 Å². The second-order valence-corrected chi connectivity index (χ2v) is 5.23. The van der Waals surface area contributed by atoms with Crippen LogP contribution in [0.25, 0.3) is 0 Å². The molecule has 0 fully saturated rings. The lowest BCUT2D eigenvalue weighted by atomic mass is 10.2. The molecule has 0 aromatic heterocycles. The van der Waals surface area contributed by atoms with Gasteiger partial charge in [0.2, 0.25) is 4.90 Å². The van der Waals surface area contributed by atoms with Crippen LogP contribution in [0.2, 0.25) is 0 Å². The third-order valence-electron chi connectivity index (χ3n) is 2.63. The molecule has 4 heteroatoms. The van der Waals surface area contributed by atoms with E-state index in [0.717, 1.165) is 9.79 Å². The summed E-state index contributed by atoms with van der Waals surface area (Å²) < 4.78 is 5.34. The fourth-order valence-corrected chi connectivity index (χ4v) is 3.22. The fourth-order valence-electron chi connectivity index (χ4n) is 1.82. The van der Waals surface area contributed by atoms with Crippen molar-refractivity contribution in [1.29, 1.82) is 0 Å². The van der Waals surface area contributed by atoms with Crippen molar-refractivity contribution in [1.82, 2.24) is 0 Å². The van der Waals surface area contributed by atoms with Gasteiger partial charge in [0.25, 0.3) is 0 Å². The standard InChI is InChI=1S/C13H10NO2S/c14-17-11-7-3-1-5-9(11)13(15)16-10-6-2-4-8-12(10)17/h1-8H,14H2/q+1. The van der Waals surface area contributed by atoms with E-state index < -0.39 is 11.1 Å². The molecule has 2 aromatic carbocycles.